The third-order valence-electron chi connectivity index (χ3n) is 0.577. The number of aliphatic hydroxyl groups excluding tert-OH is 1. The van der Waals surface area contributed by atoms with E-state index in [1.165, 1.54) is 0 Å². The van der Waals surface area contributed by atoms with Crippen LogP contribution in [0.25, 0.3) is 0 Å². The molecule has 2 nitrogen and oxygen atoms in total. The standard InChI is InChI=1S/C4H11NO.2ClH/c1-4(6)3-5-2;;/h4-6H,3H2,1-2H3;2*1H/p-1. The van der Waals surface area contributed by atoms with E-state index in [1.807, 2.05) is 12.4 Å². The summed E-state index contributed by atoms with van der Waals surface area (Å²) in [5.74, 6) is 0. The van der Waals surface area contributed by atoms with Gasteiger partial charge in [-0.1, -0.05) is 0 Å². The van der Waals surface area contributed by atoms with Gasteiger partial charge in [-0.3, -0.25) is 0 Å². The van der Waals surface area contributed by atoms with Crippen LogP contribution in [0.4, 0.5) is 0 Å². The SMILES string of the molecule is C[NH2+]CC(C)O.[Cl-].[Cl-]. The lowest BCUT2D eigenvalue weighted by atomic mass is 10.4. The summed E-state index contributed by atoms with van der Waals surface area (Å²) in [6.45, 7) is 2.58. The van der Waals surface area contributed by atoms with Crippen molar-refractivity contribution in [2.24, 2.45) is 0 Å². The summed E-state index contributed by atoms with van der Waals surface area (Å²) in [5, 5.41) is 10.5. The Morgan fingerprint density at radius 1 is 1.50 bits per heavy atom. The number of hydrogen-bond acceptors (Lipinski definition) is 1. The molecule has 0 aliphatic carbocycles. The highest BCUT2D eigenvalue weighted by molar-refractivity contribution is 4.33. The summed E-state index contributed by atoms with van der Waals surface area (Å²) in [6, 6.07) is 0. The van der Waals surface area contributed by atoms with Crippen LogP contribution in [0.5, 0.6) is 0 Å². The van der Waals surface area contributed by atoms with E-state index in [9.17, 15) is 0 Å². The molecule has 8 heavy (non-hydrogen) atoms. The van der Waals surface area contributed by atoms with Gasteiger partial charge in [0.25, 0.3) is 0 Å². The van der Waals surface area contributed by atoms with Crippen molar-refractivity contribution in [3.05, 3.63) is 0 Å². The van der Waals surface area contributed by atoms with Crippen molar-refractivity contribution in [3.63, 3.8) is 0 Å². The maximum Gasteiger partial charge on any atom is 0.101 e. The summed E-state index contributed by atoms with van der Waals surface area (Å²) in [5.41, 5.74) is 0. The lowest BCUT2D eigenvalue weighted by Crippen LogP contribution is -3.00. The fourth-order valence-corrected chi connectivity index (χ4v) is 0.341. The second-order valence-electron chi connectivity index (χ2n) is 1.49. The Labute approximate surface area is 62.5 Å². The van der Waals surface area contributed by atoms with Crippen molar-refractivity contribution in [2.45, 2.75) is 13.0 Å². The van der Waals surface area contributed by atoms with Gasteiger partial charge in [0.1, 0.15) is 6.54 Å². The Kier molecular flexibility index (Phi) is 20.7. The molecule has 0 aromatic rings. The molecule has 0 bridgehead atoms. The summed E-state index contributed by atoms with van der Waals surface area (Å²) >= 11 is 0. The number of halogens is 2. The highest BCUT2D eigenvalue weighted by Gasteiger charge is 1.89. The minimum Gasteiger partial charge on any atom is -1.00 e. The zero-order valence-electron chi connectivity index (χ0n) is 5.06. The third kappa shape index (κ3) is 16.1. The van der Waals surface area contributed by atoms with Gasteiger partial charge in [-0.25, -0.2) is 0 Å². The number of rotatable bonds is 2. The summed E-state index contributed by atoms with van der Waals surface area (Å²) in [6.07, 6.45) is -0.157. The van der Waals surface area contributed by atoms with Crippen LogP contribution in [0.2, 0.25) is 0 Å². The first-order valence-electron chi connectivity index (χ1n) is 2.23. The molecule has 0 saturated heterocycles. The lowest BCUT2D eigenvalue weighted by molar-refractivity contribution is -0.633. The van der Waals surface area contributed by atoms with Crippen LogP contribution in [0.1, 0.15) is 6.92 Å². The van der Waals surface area contributed by atoms with Crippen LogP contribution in [-0.2, 0) is 0 Å². The molecule has 0 aliphatic heterocycles. The molecular formula is C4H12Cl2NO-. The van der Waals surface area contributed by atoms with Crippen molar-refractivity contribution in [1.82, 2.24) is 0 Å². The average molecular weight is 161 g/mol. The molecule has 0 aromatic carbocycles. The predicted octanol–water partition coefficient (Wildman–Crippen LogP) is -7.43. The van der Waals surface area contributed by atoms with Gasteiger partial charge in [0.2, 0.25) is 0 Å². The molecule has 3 N–H and O–H groups in total. The number of aliphatic hydroxyl groups is 1. The van der Waals surface area contributed by atoms with Gasteiger partial charge < -0.3 is 35.2 Å². The van der Waals surface area contributed by atoms with E-state index < -0.39 is 0 Å². The first kappa shape index (κ1) is 15.8. The van der Waals surface area contributed by atoms with Crippen molar-refractivity contribution in [1.29, 1.82) is 0 Å². The molecule has 54 valence electrons. The second-order valence-corrected chi connectivity index (χ2v) is 1.49. The van der Waals surface area contributed by atoms with Gasteiger partial charge in [0, 0.05) is 0 Å². The highest BCUT2D eigenvalue weighted by atomic mass is 35.5. The third-order valence-corrected chi connectivity index (χ3v) is 0.577. The molecule has 0 spiro atoms. The lowest BCUT2D eigenvalue weighted by Gasteiger charge is -1.94. The molecule has 1 atom stereocenters. The number of hydrogen-bond donors (Lipinski definition) is 2. The van der Waals surface area contributed by atoms with Crippen molar-refractivity contribution < 1.29 is 35.2 Å². The van der Waals surface area contributed by atoms with E-state index in [0.29, 0.717) is 0 Å². The Morgan fingerprint density at radius 3 is 1.88 bits per heavy atom. The monoisotopic (exact) mass is 160 g/mol. The van der Waals surface area contributed by atoms with Gasteiger partial charge in [-0.05, 0) is 6.92 Å². The molecule has 0 heterocycles. The van der Waals surface area contributed by atoms with E-state index in [2.05, 4.69) is 0 Å². The number of nitrogens with two attached hydrogens (primary N) is 1. The minimum absolute atomic E-state index is 0. The van der Waals surface area contributed by atoms with Crippen LogP contribution in [0.15, 0.2) is 0 Å². The maximum atomic E-state index is 8.52. The molecule has 0 fully saturated rings. The average Bonchev–Trinajstić information content (AvgIpc) is 1.35. The number of quaternary nitrogens is 1. The van der Waals surface area contributed by atoms with E-state index in [-0.39, 0.29) is 30.9 Å². The van der Waals surface area contributed by atoms with Gasteiger partial charge in [-0.15, -0.1) is 0 Å². The highest BCUT2D eigenvalue weighted by Crippen LogP contribution is 1.64. The molecule has 0 amide bonds. The van der Waals surface area contributed by atoms with Crippen molar-refractivity contribution in [2.75, 3.05) is 13.6 Å². The summed E-state index contributed by atoms with van der Waals surface area (Å²) in [7, 11) is 1.94. The second kappa shape index (κ2) is 10.5. The summed E-state index contributed by atoms with van der Waals surface area (Å²) in [4.78, 5) is 0. The maximum absolute atomic E-state index is 8.52. The fourth-order valence-electron chi connectivity index (χ4n) is 0.341. The first-order chi connectivity index (χ1) is 2.77. The van der Waals surface area contributed by atoms with Crippen LogP contribution in [-0.4, -0.2) is 24.8 Å². The molecule has 4 heteroatoms. The molecular weight excluding hydrogens is 149 g/mol. The van der Waals surface area contributed by atoms with E-state index in [0.717, 1.165) is 6.54 Å². The van der Waals surface area contributed by atoms with Crippen LogP contribution in [0, 0.1) is 0 Å². The summed E-state index contributed by atoms with van der Waals surface area (Å²) < 4.78 is 0. The van der Waals surface area contributed by atoms with Gasteiger partial charge >= 0.3 is 0 Å². The quantitative estimate of drug-likeness (QED) is 0.414. The Hall–Kier alpha value is 0.500. The van der Waals surface area contributed by atoms with E-state index >= 15 is 0 Å². The molecule has 0 saturated carbocycles. The Bertz CT molecular complexity index is 35.2. The van der Waals surface area contributed by atoms with Gasteiger partial charge in [0.15, 0.2) is 0 Å². The largest absolute Gasteiger partial charge is 1.00 e. The molecule has 0 rings (SSSR count). The Balaban J connectivity index is -0.000000125. The van der Waals surface area contributed by atoms with E-state index in [1.54, 1.807) is 6.92 Å². The van der Waals surface area contributed by atoms with Gasteiger partial charge in [-0.2, -0.15) is 0 Å². The van der Waals surface area contributed by atoms with Crippen molar-refractivity contribution in [3.8, 4) is 0 Å². The topological polar surface area (TPSA) is 36.8 Å². The normalized spacial score (nSPS) is 10.9. The molecule has 1 unspecified atom stereocenters. The van der Waals surface area contributed by atoms with Crippen LogP contribution >= 0.6 is 0 Å². The first-order valence-corrected chi connectivity index (χ1v) is 2.23. The smallest absolute Gasteiger partial charge is 0.101 e. The van der Waals surface area contributed by atoms with Gasteiger partial charge in [0.05, 0.1) is 13.2 Å². The zero-order chi connectivity index (χ0) is 4.99. The van der Waals surface area contributed by atoms with E-state index in [4.69, 9.17) is 5.11 Å². The number of likely N-dealkylation sites (N-methyl/N-ethyl adjacent to an activating group) is 1. The fraction of sp³-hybridized carbons (Fsp3) is 1.00. The molecule has 0 radical (unpaired) electrons. The molecule has 0 aliphatic rings. The minimum atomic E-state index is -0.157. The van der Waals surface area contributed by atoms with Crippen LogP contribution < -0.4 is 30.1 Å². The molecule has 0 aromatic heterocycles. The predicted molar refractivity (Wildman–Crippen MR) is 24.4 cm³/mol. The van der Waals surface area contributed by atoms with Crippen molar-refractivity contribution >= 4 is 0 Å². The Morgan fingerprint density at radius 2 is 1.88 bits per heavy atom. The zero-order valence-corrected chi connectivity index (χ0v) is 6.58. The van der Waals surface area contributed by atoms with Crippen LogP contribution in [0.3, 0.4) is 0 Å².